The third kappa shape index (κ3) is 2.94. The minimum absolute atomic E-state index is 0.181. The molecule has 3 heterocycles. The molecule has 0 bridgehead atoms. The van der Waals surface area contributed by atoms with Gasteiger partial charge in [0.2, 0.25) is 5.91 Å². The Hall–Kier alpha value is -2.21. The molecule has 5 rings (SSSR count). The molecule has 1 amide bonds. The van der Waals surface area contributed by atoms with Crippen molar-refractivity contribution < 1.29 is 9.90 Å². The predicted octanol–water partition coefficient (Wildman–Crippen LogP) is 2.75. The summed E-state index contributed by atoms with van der Waals surface area (Å²) in [5.74, 6) is 1.29. The summed E-state index contributed by atoms with van der Waals surface area (Å²) in [6.07, 6.45) is 7.88. The zero-order chi connectivity index (χ0) is 19.1. The number of nitrogens with zero attached hydrogens (tertiary/aromatic N) is 4. The molecule has 0 unspecified atom stereocenters. The monoisotopic (exact) mass is 380 g/mol. The molecule has 6 heteroatoms. The highest BCUT2D eigenvalue weighted by molar-refractivity contribution is 5.90. The Morgan fingerprint density at radius 3 is 2.71 bits per heavy atom. The molecule has 2 aliphatic heterocycles. The van der Waals surface area contributed by atoms with Crippen molar-refractivity contribution in [3.63, 3.8) is 0 Å². The number of aliphatic hydroxyl groups is 1. The molecular weight excluding hydrogens is 352 g/mol. The van der Waals surface area contributed by atoms with Crippen molar-refractivity contribution in [1.29, 1.82) is 0 Å². The van der Waals surface area contributed by atoms with Crippen molar-refractivity contribution in [1.82, 2.24) is 14.9 Å². The number of hydrogen-bond acceptors (Lipinski definition) is 5. The van der Waals surface area contributed by atoms with Crippen LogP contribution in [0.3, 0.4) is 0 Å². The average molecular weight is 380 g/mol. The van der Waals surface area contributed by atoms with Crippen LogP contribution >= 0.6 is 0 Å². The van der Waals surface area contributed by atoms with E-state index in [1.165, 1.54) is 0 Å². The fraction of sp³-hybridized carbons (Fsp3) is 0.591. The maximum atomic E-state index is 13.5. The van der Waals surface area contributed by atoms with Crippen molar-refractivity contribution >= 4 is 22.6 Å². The quantitative estimate of drug-likeness (QED) is 0.868. The maximum Gasteiger partial charge on any atom is 0.230 e. The Morgan fingerprint density at radius 2 is 1.86 bits per heavy atom. The van der Waals surface area contributed by atoms with E-state index < -0.39 is 0 Å². The van der Waals surface area contributed by atoms with Crippen molar-refractivity contribution in [2.24, 2.45) is 5.41 Å². The summed E-state index contributed by atoms with van der Waals surface area (Å²) in [4.78, 5) is 26.9. The SMILES string of the molecule is O=C1N([C@H]2CC[C@H](O)CC2)CC[C@]12CCCN(c1ncnc3ccccc13)C2. The summed E-state index contributed by atoms with van der Waals surface area (Å²) >= 11 is 0. The maximum absolute atomic E-state index is 13.5. The van der Waals surface area contributed by atoms with E-state index in [9.17, 15) is 9.90 Å². The second-order valence-electron chi connectivity index (χ2n) is 8.73. The van der Waals surface area contributed by atoms with Crippen LogP contribution in [0.4, 0.5) is 5.82 Å². The molecule has 1 aliphatic carbocycles. The Labute approximate surface area is 165 Å². The highest BCUT2D eigenvalue weighted by atomic mass is 16.3. The number of fused-ring (bicyclic) bond motifs is 1. The number of hydrogen-bond donors (Lipinski definition) is 1. The van der Waals surface area contributed by atoms with E-state index in [2.05, 4.69) is 25.8 Å². The van der Waals surface area contributed by atoms with Gasteiger partial charge in [0.15, 0.2) is 0 Å². The van der Waals surface area contributed by atoms with Crippen LogP contribution in [0.2, 0.25) is 0 Å². The Bertz CT molecular complexity index is 874. The van der Waals surface area contributed by atoms with E-state index in [0.29, 0.717) is 11.9 Å². The first kappa shape index (κ1) is 17.9. The molecule has 1 atom stereocenters. The van der Waals surface area contributed by atoms with Gasteiger partial charge in [0.25, 0.3) is 0 Å². The van der Waals surface area contributed by atoms with Crippen LogP contribution in [-0.2, 0) is 4.79 Å². The molecule has 0 radical (unpaired) electrons. The van der Waals surface area contributed by atoms with Crippen molar-refractivity contribution in [3.8, 4) is 0 Å². The van der Waals surface area contributed by atoms with Gasteiger partial charge in [-0.1, -0.05) is 12.1 Å². The number of anilines is 1. The fourth-order valence-electron chi connectivity index (χ4n) is 5.50. The summed E-state index contributed by atoms with van der Waals surface area (Å²) in [7, 11) is 0. The number of amides is 1. The van der Waals surface area contributed by atoms with Gasteiger partial charge >= 0.3 is 0 Å². The first-order valence-corrected chi connectivity index (χ1v) is 10.6. The van der Waals surface area contributed by atoms with Gasteiger partial charge in [-0.25, -0.2) is 9.97 Å². The van der Waals surface area contributed by atoms with Crippen LogP contribution in [0.25, 0.3) is 10.9 Å². The number of aromatic nitrogens is 2. The fourth-order valence-corrected chi connectivity index (χ4v) is 5.50. The van der Waals surface area contributed by atoms with Crippen LogP contribution in [0, 0.1) is 5.41 Å². The number of rotatable bonds is 2. The van der Waals surface area contributed by atoms with E-state index >= 15 is 0 Å². The van der Waals surface area contributed by atoms with Crippen molar-refractivity contribution in [2.45, 2.75) is 57.1 Å². The smallest absolute Gasteiger partial charge is 0.230 e. The third-order valence-electron chi connectivity index (χ3n) is 7.05. The van der Waals surface area contributed by atoms with Crippen molar-refractivity contribution in [3.05, 3.63) is 30.6 Å². The summed E-state index contributed by atoms with van der Waals surface area (Å²) < 4.78 is 0. The summed E-state index contributed by atoms with van der Waals surface area (Å²) in [6, 6.07) is 8.42. The van der Waals surface area contributed by atoms with E-state index in [1.807, 2.05) is 18.2 Å². The summed E-state index contributed by atoms with van der Waals surface area (Å²) in [6.45, 7) is 2.54. The van der Waals surface area contributed by atoms with Gasteiger partial charge in [-0.05, 0) is 57.1 Å². The lowest BCUT2D eigenvalue weighted by Crippen LogP contribution is -2.50. The van der Waals surface area contributed by atoms with Crippen LogP contribution < -0.4 is 4.90 Å². The van der Waals surface area contributed by atoms with Gasteiger partial charge < -0.3 is 14.9 Å². The van der Waals surface area contributed by atoms with Crippen LogP contribution in [0.1, 0.15) is 44.9 Å². The highest BCUT2D eigenvalue weighted by Crippen LogP contribution is 2.43. The van der Waals surface area contributed by atoms with Gasteiger partial charge in [0.05, 0.1) is 17.0 Å². The minimum Gasteiger partial charge on any atom is -0.393 e. The minimum atomic E-state index is -0.277. The average Bonchev–Trinajstić information content (AvgIpc) is 3.04. The van der Waals surface area contributed by atoms with E-state index in [0.717, 1.165) is 81.3 Å². The third-order valence-corrected chi connectivity index (χ3v) is 7.05. The largest absolute Gasteiger partial charge is 0.393 e. The molecule has 1 saturated carbocycles. The van der Waals surface area contributed by atoms with Crippen molar-refractivity contribution in [2.75, 3.05) is 24.5 Å². The van der Waals surface area contributed by atoms with E-state index in [4.69, 9.17) is 0 Å². The molecule has 148 valence electrons. The van der Waals surface area contributed by atoms with Crippen LogP contribution in [0.15, 0.2) is 30.6 Å². The summed E-state index contributed by atoms with van der Waals surface area (Å²) in [5, 5.41) is 10.9. The van der Waals surface area contributed by atoms with Gasteiger partial charge in [0.1, 0.15) is 12.1 Å². The molecule has 3 fully saturated rings. The number of piperidine rings is 1. The van der Waals surface area contributed by atoms with Gasteiger partial charge in [-0.3, -0.25) is 4.79 Å². The lowest BCUT2D eigenvalue weighted by atomic mass is 9.78. The summed E-state index contributed by atoms with van der Waals surface area (Å²) in [5.41, 5.74) is 0.674. The Balaban J connectivity index is 1.39. The van der Waals surface area contributed by atoms with Crippen LogP contribution in [0.5, 0.6) is 0 Å². The predicted molar refractivity (Wildman–Crippen MR) is 108 cm³/mol. The molecule has 1 aromatic heterocycles. The Kier molecular flexibility index (Phi) is 4.46. The molecule has 1 aromatic carbocycles. The zero-order valence-electron chi connectivity index (χ0n) is 16.3. The normalized spacial score (nSPS) is 31.1. The van der Waals surface area contributed by atoms with Crippen LogP contribution in [-0.4, -0.2) is 57.7 Å². The zero-order valence-corrected chi connectivity index (χ0v) is 16.3. The molecule has 3 aliphatic rings. The number of carbonyl (C=O) groups is 1. The first-order chi connectivity index (χ1) is 13.7. The first-order valence-electron chi connectivity index (χ1n) is 10.6. The molecule has 2 saturated heterocycles. The molecule has 28 heavy (non-hydrogen) atoms. The van der Waals surface area contributed by atoms with Gasteiger partial charge in [-0.2, -0.15) is 0 Å². The van der Waals surface area contributed by atoms with Gasteiger partial charge in [0, 0.05) is 31.1 Å². The molecule has 2 aromatic rings. The molecule has 1 N–H and O–H groups in total. The number of aliphatic hydroxyl groups excluding tert-OH is 1. The van der Waals surface area contributed by atoms with Gasteiger partial charge in [-0.15, -0.1) is 0 Å². The topological polar surface area (TPSA) is 69.6 Å². The number of carbonyl (C=O) groups excluding carboxylic acids is 1. The molecule has 1 spiro atoms. The lowest BCUT2D eigenvalue weighted by Gasteiger charge is -2.41. The number of para-hydroxylation sites is 1. The number of benzene rings is 1. The molecule has 6 nitrogen and oxygen atoms in total. The van der Waals surface area contributed by atoms with E-state index in [-0.39, 0.29) is 11.5 Å². The highest BCUT2D eigenvalue weighted by Gasteiger charge is 2.50. The lowest BCUT2D eigenvalue weighted by molar-refractivity contribution is -0.139. The second kappa shape index (κ2) is 6.99. The molecular formula is C22H28N4O2. The number of likely N-dealkylation sites (tertiary alicyclic amines) is 1. The Morgan fingerprint density at radius 1 is 1.04 bits per heavy atom. The van der Waals surface area contributed by atoms with E-state index in [1.54, 1.807) is 6.33 Å². The standard InChI is InChI=1S/C22H28N4O2/c27-17-8-6-16(7-9-17)26-13-11-22(21(26)28)10-3-12-25(14-22)20-18-4-1-2-5-19(18)23-15-24-20/h1-2,4-5,15-17,27H,3,6-14H2/t16-,17-,22-/m0/s1. The second-order valence-corrected chi connectivity index (χ2v) is 8.73.